The molecule has 0 saturated carbocycles. The van der Waals surface area contributed by atoms with Crippen molar-refractivity contribution in [2.24, 2.45) is 0 Å². The second kappa shape index (κ2) is 8.63. The number of benzene rings is 2. The molecule has 28 heavy (non-hydrogen) atoms. The molecule has 0 bridgehead atoms. The Labute approximate surface area is 165 Å². The van der Waals surface area contributed by atoms with Crippen LogP contribution in [0.25, 0.3) is 11.3 Å². The molecule has 0 unspecified atom stereocenters. The van der Waals surface area contributed by atoms with Crippen molar-refractivity contribution in [1.29, 1.82) is 0 Å². The fourth-order valence-electron chi connectivity index (χ4n) is 3.30. The van der Waals surface area contributed by atoms with E-state index in [9.17, 15) is 0 Å². The fraction of sp³-hybridized carbons (Fsp3) is 0.167. The summed E-state index contributed by atoms with van der Waals surface area (Å²) in [6.45, 7) is 3.67. The zero-order valence-corrected chi connectivity index (χ0v) is 16.0. The highest BCUT2D eigenvalue weighted by atomic mass is 15.3. The predicted octanol–water partition coefficient (Wildman–Crippen LogP) is 4.84. The van der Waals surface area contributed by atoms with Gasteiger partial charge in [0.1, 0.15) is 0 Å². The Hall–Kier alpha value is -3.24. The molecular formula is C24H24N4. The van der Waals surface area contributed by atoms with Crippen LogP contribution in [0.4, 0.5) is 0 Å². The first-order chi connectivity index (χ1) is 13.8. The molecule has 1 atom stereocenters. The second-order valence-corrected chi connectivity index (χ2v) is 6.94. The van der Waals surface area contributed by atoms with Crippen LogP contribution in [0.5, 0.6) is 0 Å². The van der Waals surface area contributed by atoms with Crippen molar-refractivity contribution in [2.45, 2.75) is 26.1 Å². The highest BCUT2D eigenvalue weighted by Crippen LogP contribution is 2.23. The van der Waals surface area contributed by atoms with Crippen LogP contribution in [0.15, 0.2) is 91.4 Å². The summed E-state index contributed by atoms with van der Waals surface area (Å²) in [5.74, 6) is 0. The lowest BCUT2D eigenvalue weighted by Crippen LogP contribution is -2.18. The molecule has 4 rings (SSSR count). The number of rotatable bonds is 7. The van der Waals surface area contributed by atoms with Crippen molar-refractivity contribution in [3.8, 4) is 11.3 Å². The number of hydrogen-bond acceptors (Lipinski definition) is 3. The van der Waals surface area contributed by atoms with Crippen molar-refractivity contribution < 1.29 is 0 Å². The summed E-state index contributed by atoms with van der Waals surface area (Å²) >= 11 is 0. The summed E-state index contributed by atoms with van der Waals surface area (Å²) in [7, 11) is 0. The van der Waals surface area contributed by atoms with E-state index in [2.05, 4.69) is 78.0 Å². The van der Waals surface area contributed by atoms with Gasteiger partial charge in [0.25, 0.3) is 0 Å². The van der Waals surface area contributed by atoms with Gasteiger partial charge in [-0.15, -0.1) is 0 Å². The highest BCUT2D eigenvalue weighted by molar-refractivity contribution is 5.62. The van der Waals surface area contributed by atoms with E-state index in [4.69, 9.17) is 5.10 Å². The zero-order chi connectivity index (χ0) is 19.2. The molecule has 0 aliphatic rings. The van der Waals surface area contributed by atoms with Gasteiger partial charge in [0.15, 0.2) is 0 Å². The predicted molar refractivity (Wildman–Crippen MR) is 113 cm³/mol. The molecule has 4 nitrogen and oxygen atoms in total. The maximum atomic E-state index is 4.89. The van der Waals surface area contributed by atoms with E-state index < -0.39 is 0 Å². The molecule has 0 spiro atoms. The Bertz CT molecular complexity index is 995. The third-order valence-corrected chi connectivity index (χ3v) is 4.86. The van der Waals surface area contributed by atoms with Crippen LogP contribution < -0.4 is 5.32 Å². The monoisotopic (exact) mass is 368 g/mol. The second-order valence-electron chi connectivity index (χ2n) is 6.94. The van der Waals surface area contributed by atoms with Crippen LogP contribution in [0.2, 0.25) is 0 Å². The van der Waals surface area contributed by atoms with Crippen LogP contribution in [0.1, 0.15) is 29.7 Å². The highest BCUT2D eigenvalue weighted by Gasteiger charge is 2.13. The van der Waals surface area contributed by atoms with Crippen LogP contribution in [0.3, 0.4) is 0 Å². The summed E-state index contributed by atoms with van der Waals surface area (Å²) < 4.78 is 2.03. The van der Waals surface area contributed by atoms with E-state index >= 15 is 0 Å². The number of hydrogen-bond donors (Lipinski definition) is 1. The summed E-state index contributed by atoms with van der Waals surface area (Å²) in [5.41, 5.74) is 5.79. The van der Waals surface area contributed by atoms with E-state index in [1.807, 2.05) is 29.1 Å². The van der Waals surface area contributed by atoms with Gasteiger partial charge in [0.05, 0.1) is 12.2 Å². The molecule has 2 aromatic heterocycles. The quantitative estimate of drug-likeness (QED) is 0.507. The van der Waals surface area contributed by atoms with Gasteiger partial charge in [-0.3, -0.25) is 9.67 Å². The first-order valence-corrected chi connectivity index (χ1v) is 9.58. The van der Waals surface area contributed by atoms with E-state index in [0.29, 0.717) is 0 Å². The summed E-state index contributed by atoms with van der Waals surface area (Å²) in [6.07, 6.45) is 5.87. The minimum Gasteiger partial charge on any atom is -0.306 e. The number of pyridine rings is 1. The van der Waals surface area contributed by atoms with Crippen molar-refractivity contribution in [2.75, 3.05) is 0 Å². The average molecular weight is 368 g/mol. The van der Waals surface area contributed by atoms with Gasteiger partial charge >= 0.3 is 0 Å². The van der Waals surface area contributed by atoms with Gasteiger partial charge in [0.2, 0.25) is 0 Å². The molecule has 0 aliphatic heterocycles. The fourth-order valence-corrected chi connectivity index (χ4v) is 3.30. The van der Waals surface area contributed by atoms with Gasteiger partial charge < -0.3 is 5.32 Å². The van der Waals surface area contributed by atoms with Crippen molar-refractivity contribution >= 4 is 0 Å². The van der Waals surface area contributed by atoms with E-state index in [1.54, 1.807) is 6.20 Å². The molecule has 0 saturated heterocycles. The van der Waals surface area contributed by atoms with Crippen LogP contribution >= 0.6 is 0 Å². The lowest BCUT2D eigenvalue weighted by Gasteiger charge is -2.13. The third kappa shape index (κ3) is 4.35. The van der Waals surface area contributed by atoms with Crippen LogP contribution in [-0.4, -0.2) is 14.8 Å². The van der Waals surface area contributed by atoms with Gasteiger partial charge in [0, 0.05) is 42.3 Å². The zero-order valence-electron chi connectivity index (χ0n) is 16.0. The molecule has 4 heteroatoms. The van der Waals surface area contributed by atoms with Gasteiger partial charge in [-0.1, -0.05) is 66.7 Å². The van der Waals surface area contributed by atoms with Gasteiger partial charge in [-0.05, 0) is 24.1 Å². The van der Waals surface area contributed by atoms with E-state index in [1.165, 1.54) is 16.7 Å². The van der Waals surface area contributed by atoms with E-state index in [0.717, 1.165) is 24.3 Å². The molecule has 140 valence electrons. The van der Waals surface area contributed by atoms with Crippen molar-refractivity contribution in [3.05, 3.63) is 108 Å². The lowest BCUT2D eigenvalue weighted by molar-refractivity contribution is 0.573. The topological polar surface area (TPSA) is 42.7 Å². The minimum atomic E-state index is 0.217. The number of nitrogens with zero attached hydrogens (tertiary/aromatic N) is 3. The molecule has 0 fully saturated rings. The summed E-state index contributed by atoms with van der Waals surface area (Å²) in [4.78, 5) is 4.22. The number of aromatic nitrogens is 3. The third-order valence-electron chi connectivity index (χ3n) is 4.86. The normalized spacial score (nSPS) is 12.0. The maximum Gasteiger partial charge on any atom is 0.0968 e. The Morgan fingerprint density at radius 1 is 0.929 bits per heavy atom. The van der Waals surface area contributed by atoms with Crippen LogP contribution in [0, 0.1) is 0 Å². The molecule has 1 N–H and O–H groups in total. The summed E-state index contributed by atoms with van der Waals surface area (Å²) in [5, 5.41) is 8.50. The first-order valence-electron chi connectivity index (χ1n) is 9.58. The molecule has 2 heterocycles. The smallest absolute Gasteiger partial charge is 0.0968 e. The van der Waals surface area contributed by atoms with Gasteiger partial charge in [-0.2, -0.15) is 5.10 Å². The van der Waals surface area contributed by atoms with Gasteiger partial charge in [-0.25, -0.2) is 0 Å². The van der Waals surface area contributed by atoms with Crippen molar-refractivity contribution in [3.63, 3.8) is 0 Å². The lowest BCUT2D eigenvalue weighted by atomic mass is 10.1. The first kappa shape index (κ1) is 18.1. The molecule has 0 radical (unpaired) electrons. The van der Waals surface area contributed by atoms with E-state index in [-0.39, 0.29) is 6.04 Å². The number of nitrogens with one attached hydrogen (secondary N) is 1. The molecule has 4 aromatic rings. The Balaban J connectivity index is 1.57. The van der Waals surface area contributed by atoms with Crippen molar-refractivity contribution in [1.82, 2.24) is 20.1 Å². The molecule has 0 amide bonds. The Morgan fingerprint density at radius 2 is 1.68 bits per heavy atom. The molecular weight excluding hydrogens is 344 g/mol. The maximum absolute atomic E-state index is 4.89. The van der Waals surface area contributed by atoms with Crippen LogP contribution in [-0.2, 0) is 13.1 Å². The average Bonchev–Trinajstić information content (AvgIpc) is 3.16. The molecule has 0 aliphatic carbocycles. The Morgan fingerprint density at radius 3 is 2.39 bits per heavy atom. The summed E-state index contributed by atoms with van der Waals surface area (Å²) in [6, 6.07) is 25.1. The SMILES string of the molecule is C[C@H](NCc1cn(Cc2ccccc2)nc1-c1ccccc1)c1cccnc1. The Kier molecular flexibility index (Phi) is 5.59. The largest absolute Gasteiger partial charge is 0.306 e. The minimum absolute atomic E-state index is 0.217. The standard InChI is InChI=1S/C24H24N4/c1-19(22-13-8-14-25-15-22)26-16-23-18-28(17-20-9-4-2-5-10-20)27-24(23)21-11-6-3-7-12-21/h2-15,18-19,26H,16-17H2,1H3/t19-/m0/s1. The molecule has 2 aromatic carbocycles.